The number of hydrogen-bond donors (Lipinski definition) is 1. The topological polar surface area (TPSA) is 75.7 Å². The number of rotatable bonds is 7. The monoisotopic (exact) mass is 368 g/mol. The van der Waals surface area contributed by atoms with Crippen LogP contribution in [-0.2, 0) is 19.1 Å². The Kier molecular flexibility index (Phi) is 7.66. The minimum atomic E-state index is -0.796. The molecule has 1 fully saturated rings. The van der Waals surface area contributed by atoms with Crippen molar-refractivity contribution in [1.29, 1.82) is 0 Å². The first kappa shape index (κ1) is 22.5. The van der Waals surface area contributed by atoms with E-state index in [9.17, 15) is 14.4 Å². The van der Waals surface area contributed by atoms with Gasteiger partial charge in [0.05, 0.1) is 5.41 Å². The molecule has 0 atom stereocenters. The van der Waals surface area contributed by atoms with Gasteiger partial charge in [-0.05, 0) is 61.3 Å². The molecule has 0 radical (unpaired) electrons. The van der Waals surface area contributed by atoms with Gasteiger partial charge in [0.25, 0.3) is 5.91 Å². The SMILES string of the molecule is CC(C)N(C(=O)COC(=O)C1(CC(=O)NC(C)(C)C)CCCC1)C(C)C. The number of esters is 1. The molecular weight excluding hydrogens is 332 g/mol. The molecule has 0 unspecified atom stereocenters. The molecule has 1 N–H and O–H groups in total. The summed E-state index contributed by atoms with van der Waals surface area (Å²) in [6, 6.07) is 0.0819. The van der Waals surface area contributed by atoms with Gasteiger partial charge in [0, 0.05) is 24.0 Å². The highest BCUT2D eigenvalue weighted by Crippen LogP contribution is 2.42. The summed E-state index contributed by atoms with van der Waals surface area (Å²) in [4.78, 5) is 39.3. The number of nitrogens with one attached hydrogen (secondary N) is 1. The van der Waals surface area contributed by atoms with Gasteiger partial charge in [-0.15, -0.1) is 0 Å². The zero-order valence-electron chi connectivity index (χ0n) is 17.5. The van der Waals surface area contributed by atoms with E-state index in [1.54, 1.807) is 4.90 Å². The van der Waals surface area contributed by atoms with E-state index in [4.69, 9.17) is 4.74 Å². The van der Waals surface area contributed by atoms with E-state index in [-0.39, 0.29) is 42.5 Å². The van der Waals surface area contributed by atoms with Crippen LogP contribution in [0.3, 0.4) is 0 Å². The molecule has 26 heavy (non-hydrogen) atoms. The summed E-state index contributed by atoms with van der Waals surface area (Å²) in [6.07, 6.45) is 3.19. The quantitative estimate of drug-likeness (QED) is 0.701. The fourth-order valence-corrected chi connectivity index (χ4v) is 3.80. The normalized spacial score (nSPS) is 16.7. The van der Waals surface area contributed by atoms with Gasteiger partial charge in [-0.1, -0.05) is 12.8 Å². The Morgan fingerprint density at radius 1 is 1.04 bits per heavy atom. The van der Waals surface area contributed by atoms with Crippen LogP contribution in [0.25, 0.3) is 0 Å². The summed E-state index contributed by atoms with van der Waals surface area (Å²) in [5, 5.41) is 2.92. The van der Waals surface area contributed by atoms with Crippen LogP contribution in [-0.4, -0.2) is 46.9 Å². The first-order valence-electron chi connectivity index (χ1n) is 9.67. The third kappa shape index (κ3) is 6.29. The summed E-state index contributed by atoms with van der Waals surface area (Å²) in [5.41, 5.74) is -1.14. The predicted octanol–water partition coefficient (Wildman–Crippen LogP) is 3.04. The van der Waals surface area contributed by atoms with Crippen LogP contribution in [0, 0.1) is 5.41 Å². The van der Waals surface area contributed by atoms with Crippen LogP contribution in [0.4, 0.5) is 0 Å². The Hall–Kier alpha value is -1.59. The lowest BCUT2D eigenvalue weighted by atomic mass is 9.82. The van der Waals surface area contributed by atoms with E-state index in [0.29, 0.717) is 12.8 Å². The van der Waals surface area contributed by atoms with Crippen molar-refractivity contribution >= 4 is 17.8 Å². The van der Waals surface area contributed by atoms with E-state index in [1.807, 2.05) is 48.5 Å². The van der Waals surface area contributed by atoms with E-state index in [2.05, 4.69) is 5.32 Å². The van der Waals surface area contributed by atoms with Crippen LogP contribution >= 0.6 is 0 Å². The number of nitrogens with zero attached hydrogens (tertiary/aromatic N) is 1. The Morgan fingerprint density at radius 3 is 1.96 bits per heavy atom. The van der Waals surface area contributed by atoms with Gasteiger partial charge in [-0.2, -0.15) is 0 Å². The zero-order valence-corrected chi connectivity index (χ0v) is 17.5. The molecule has 0 saturated heterocycles. The number of amides is 2. The Balaban J connectivity index is 2.74. The van der Waals surface area contributed by atoms with Crippen molar-refractivity contribution in [2.24, 2.45) is 5.41 Å². The molecule has 1 saturated carbocycles. The highest BCUT2D eigenvalue weighted by Gasteiger charge is 2.45. The number of carbonyl (C=O) groups excluding carboxylic acids is 3. The van der Waals surface area contributed by atoms with Gasteiger partial charge < -0.3 is 15.0 Å². The van der Waals surface area contributed by atoms with Gasteiger partial charge in [-0.3, -0.25) is 14.4 Å². The molecule has 1 rings (SSSR count). The molecule has 0 heterocycles. The standard InChI is InChI=1S/C20H36N2O4/c1-14(2)22(15(3)4)17(24)13-26-18(25)20(10-8-9-11-20)12-16(23)21-19(5,6)7/h14-15H,8-13H2,1-7H3,(H,21,23). The van der Waals surface area contributed by atoms with E-state index >= 15 is 0 Å². The van der Waals surface area contributed by atoms with Gasteiger partial charge in [0.2, 0.25) is 5.91 Å². The van der Waals surface area contributed by atoms with E-state index in [0.717, 1.165) is 12.8 Å². The molecule has 6 nitrogen and oxygen atoms in total. The van der Waals surface area contributed by atoms with Crippen LogP contribution in [0.1, 0.15) is 80.6 Å². The lowest BCUT2D eigenvalue weighted by molar-refractivity contribution is -0.163. The largest absolute Gasteiger partial charge is 0.455 e. The highest BCUT2D eigenvalue weighted by atomic mass is 16.5. The second-order valence-electron chi connectivity index (χ2n) is 9.03. The smallest absolute Gasteiger partial charge is 0.313 e. The molecule has 2 amide bonds. The molecule has 0 aliphatic heterocycles. The van der Waals surface area contributed by atoms with Crippen molar-refractivity contribution in [3.05, 3.63) is 0 Å². The van der Waals surface area contributed by atoms with E-state index in [1.165, 1.54) is 0 Å². The van der Waals surface area contributed by atoms with Crippen molar-refractivity contribution in [1.82, 2.24) is 10.2 Å². The van der Waals surface area contributed by atoms with Crippen LogP contribution in [0.5, 0.6) is 0 Å². The molecule has 1 aliphatic rings. The summed E-state index contributed by atoms with van der Waals surface area (Å²) >= 11 is 0. The van der Waals surface area contributed by atoms with Gasteiger partial charge >= 0.3 is 5.97 Å². The van der Waals surface area contributed by atoms with Crippen LogP contribution in [0.15, 0.2) is 0 Å². The van der Waals surface area contributed by atoms with Crippen LogP contribution < -0.4 is 5.32 Å². The third-order valence-corrected chi connectivity index (χ3v) is 4.73. The second kappa shape index (κ2) is 8.87. The first-order chi connectivity index (χ1) is 11.9. The van der Waals surface area contributed by atoms with Crippen LogP contribution in [0.2, 0.25) is 0 Å². The average molecular weight is 369 g/mol. The second-order valence-corrected chi connectivity index (χ2v) is 9.03. The minimum Gasteiger partial charge on any atom is -0.455 e. The van der Waals surface area contributed by atoms with Crippen molar-refractivity contribution in [3.8, 4) is 0 Å². The summed E-state index contributed by atoms with van der Waals surface area (Å²) in [7, 11) is 0. The molecule has 0 aromatic carbocycles. The maximum atomic E-state index is 12.8. The molecule has 6 heteroatoms. The fraction of sp³-hybridized carbons (Fsp3) is 0.850. The number of hydrogen-bond acceptors (Lipinski definition) is 4. The molecule has 1 aliphatic carbocycles. The lowest BCUT2D eigenvalue weighted by Crippen LogP contribution is -2.46. The first-order valence-corrected chi connectivity index (χ1v) is 9.67. The van der Waals surface area contributed by atoms with Gasteiger partial charge in [-0.25, -0.2) is 0 Å². The minimum absolute atomic E-state index is 0.0409. The van der Waals surface area contributed by atoms with E-state index < -0.39 is 11.4 Å². The molecule has 0 aromatic rings. The van der Waals surface area contributed by atoms with Crippen molar-refractivity contribution < 1.29 is 19.1 Å². The maximum Gasteiger partial charge on any atom is 0.313 e. The van der Waals surface area contributed by atoms with Crippen molar-refractivity contribution in [2.75, 3.05) is 6.61 Å². The number of ether oxygens (including phenoxy) is 1. The molecule has 150 valence electrons. The summed E-state index contributed by atoms with van der Waals surface area (Å²) in [6.45, 7) is 13.2. The summed E-state index contributed by atoms with van der Waals surface area (Å²) < 4.78 is 5.39. The third-order valence-electron chi connectivity index (χ3n) is 4.73. The number of carbonyl (C=O) groups is 3. The summed E-state index contributed by atoms with van der Waals surface area (Å²) in [5.74, 6) is -0.760. The van der Waals surface area contributed by atoms with Crippen molar-refractivity contribution in [2.45, 2.75) is 98.2 Å². The Labute approximate surface area is 158 Å². The lowest BCUT2D eigenvalue weighted by Gasteiger charge is -2.32. The zero-order chi connectivity index (χ0) is 20.1. The maximum absolute atomic E-state index is 12.8. The van der Waals surface area contributed by atoms with Gasteiger partial charge in [0.15, 0.2) is 6.61 Å². The molecule has 0 aromatic heterocycles. The average Bonchev–Trinajstić information content (AvgIpc) is 2.91. The Bertz CT molecular complexity index is 506. The fourth-order valence-electron chi connectivity index (χ4n) is 3.80. The molecule has 0 bridgehead atoms. The predicted molar refractivity (Wildman–Crippen MR) is 101 cm³/mol. The Morgan fingerprint density at radius 2 is 1.54 bits per heavy atom. The molecular formula is C20H36N2O4. The van der Waals surface area contributed by atoms with Crippen molar-refractivity contribution in [3.63, 3.8) is 0 Å². The van der Waals surface area contributed by atoms with Gasteiger partial charge in [0.1, 0.15) is 0 Å². The molecule has 0 spiro atoms. The highest BCUT2D eigenvalue weighted by molar-refractivity contribution is 5.88.